The topological polar surface area (TPSA) is 41.6 Å². The maximum absolute atomic E-state index is 3.97. The van der Waals surface area contributed by atoms with Crippen molar-refractivity contribution >= 4 is 11.5 Å². The molecule has 0 aromatic carbocycles. The Hall–Kier alpha value is -1.16. The van der Waals surface area contributed by atoms with Crippen LogP contribution in [0.5, 0.6) is 0 Å². The molecule has 0 aliphatic carbocycles. The summed E-state index contributed by atoms with van der Waals surface area (Å²) in [5.41, 5.74) is 1.85. The first kappa shape index (κ1) is 5.61. The van der Waals surface area contributed by atoms with Crippen LogP contribution in [-0.4, -0.2) is 14.6 Å². The summed E-state index contributed by atoms with van der Waals surface area (Å²) in [5, 5.41) is 8.61. The monoisotopic (exact) mass is 150 g/mol. The fraction of sp³-hybridized carbons (Fsp3) is 0. The van der Waals surface area contributed by atoms with Gasteiger partial charge in [0.25, 0.3) is 0 Å². The van der Waals surface area contributed by atoms with Crippen molar-refractivity contribution in [1.82, 2.24) is 14.6 Å². The molecule has 0 spiro atoms. The molecule has 0 saturated carbocycles. The summed E-state index contributed by atoms with van der Waals surface area (Å²) in [4.78, 5) is 0. The SMILES string of the molecule is [c]1nscc1-c1cc[nH]n1. The van der Waals surface area contributed by atoms with E-state index in [0.29, 0.717) is 0 Å². The highest BCUT2D eigenvalue weighted by Gasteiger charge is 1.98. The van der Waals surface area contributed by atoms with E-state index in [1.165, 1.54) is 11.5 Å². The molecule has 1 radical (unpaired) electrons. The third kappa shape index (κ3) is 0.823. The van der Waals surface area contributed by atoms with E-state index in [0.717, 1.165) is 11.3 Å². The smallest absolute Gasteiger partial charge is 0.114 e. The third-order valence-corrected chi connectivity index (χ3v) is 1.70. The minimum absolute atomic E-state index is 0.897. The Morgan fingerprint density at radius 1 is 1.60 bits per heavy atom. The second kappa shape index (κ2) is 2.22. The number of aromatic amines is 1. The predicted octanol–water partition coefficient (Wildman–Crippen LogP) is 1.33. The molecule has 2 rings (SSSR count). The van der Waals surface area contributed by atoms with Crippen LogP contribution in [0.3, 0.4) is 0 Å². The van der Waals surface area contributed by atoms with E-state index in [9.17, 15) is 0 Å². The van der Waals surface area contributed by atoms with Gasteiger partial charge in [0.2, 0.25) is 0 Å². The van der Waals surface area contributed by atoms with Crippen LogP contribution in [0, 0.1) is 6.20 Å². The van der Waals surface area contributed by atoms with E-state index < -0.39 is 0 Å². The Morgan fingerprint density at radius 3 is 3.20 bits per heavy atom. The zero-order valence-electron chi connectivity index (χ0n) is 5.03. The zero-order chi connectivity index (χ0) is 6.81. The van der Waals surface area contributed by atoms with E-state index in [2.05, 4.69) is 20.8 Å². The van der Waals surface area contributed by atoms with Crippen molar-refractivity contribution in [2.45, 2.75) is 0 Å². The molecule has 4 heteroatoms. The number of rotatable bonds is 1. The van der Waals surface area contributed by atoms with Crippen LogP contribution in [0.1, 0.15) is 0 Å². The lowest BCUT2D eigenvalue weighted by atomic mass is 10.3. The van der Waals surface area contributed by atoms with Gasteiger partial charge in [0.05, 0.1) is 5.69 Å². The fourth-order valence-corrected chi connectivity index (χ4v) is 1.19. The number of nitrogens with one attached hydrogen (secondary N) is 1. The molecular weight excluding hydrogens is 146 g/mol. The molecule has 1 N–H and O–H groups in total. The minimum atomic E-state index is 0.897. The Balaban J connectivity index is 2.48. The van der Waals surface area contributed by atoms with Gasteiger partial charge in [-0.05, 0) is 17.6 Å². The van der Waals surface area contributed by atoms with E-state index in [-0.39, 0.29) is 0 Å². The molecule has 2 aromatic rings. The van der Waals surface area contributed by atoms with Crippen LogP contribution in [0.15, 0.2) is 17.6 Å². The molecule has 0 aliphatic heterocycles. The predicted molar refractivity (Wildman–Crippen MR) is 38.5 cm³/mol. The quantitative estimate of drug-likeness (QED) is 0.666. The lowest BCUT2D eigenvalue weighted by Gasteiger charge is -1.81. The molecule has 10 heavy (non-hydrogen) atoms. The molecule has 49 valence electrons. The van der Waals surface area contributed by atoms with Crippen molar-refractivity contribution in [3.8, 4) is 11.3 Å². The standard InChI is InChI=1S/C6H4N3S/c1-2-7-9-6(1)5-3-8-10-4-5/h1-2,4H,(H,7,9). The van der Waals surface area contributed by atoms with Gasteiger partial charge < -0.3 is 0 Å². The third-order valence-electron chi connectivity index (χ3n) is 1.17. The first-order valence-electron chi connectivity index (χ1n) is 2.79. The molecule has 0 atom stereocenters. The Labute approximate surface area is 61.9 Å². The number of nitrogens with zero attached hydrogens (tertiary/aromatic N) is 2. The lowest BCUT2D eigenvalue weighted by molar-refractivity contribution is 1.10. The number of hydrogen-bond acceptors (Lipinski definition) is 3. The average molecular weight is 150 g/mol. The Bertz CT molecular complexity index is 252. The molecule has 2 heterocycles. The summed E-state index contributed by atoms with van der Waals surface area (Å²) in [6.45, 7) is 0. The summed E-state index contributed by atoms with van der Waals surface area (Å²) in [6, 6.07) is 1.89. The molecule has 0 amide bonds. The highest BCUT2D eigenvalue weighted by Crippen LogP contribution is 2.15. The number of hydrogen-bond donors (Lipinski definition) is 1. The van der Waals surface area contributed by atoms with Crippen molar-refractivity contribution in [2.24, 2.45) is 0 Å². The molecule has 0 aliphatic rings. The molecular formula is C6H4N3S. The molecule has 0 unspecified atom stereocenters. The first-order valence-corrected chi connectivity index (χ1v) is 3.63. The summed E-state index contributed by atoms with van der Waals surface area (Å²) < 4.78 is 3.84. The van der Waals surface area contributed by atoms with Crippen LogP contribution in [0.4, 0.5) is 0 Å². The second-order valence-electron chi connectivity index (χ2n) is 1.80. The van der Waals surface area contributed by atoms with E-state index in [4.69, 9.17) is 0 Å². The summed E-state index contributed by atoms with van der Waals surface area (Å²) in [6.07, 6.45) is 4.60. The van der Waals surface area contributed by atoms with Crippen LogP contribution >= 0.6 is 11.5 Å². The fourth-order valence-electron chi connectivity index (χ4n) is 0.709. The van der Waals surface area contributed by atoms with Crippen molar-refractivity contribution in [1.29, 1.82) is 0 Å². The van der Waals surface area contributed by atoms with Gasteiger partial charge in [0.1, 0.15) is 6.20 Å². The van der Waals surface area contributed by atoms with Gasteiger partial charge in [0, 0.05) is 17.1 Å². The summed E-state index contributed by atoms with van der Waals surface area (Å²) >= 11 is 1.38. The largest absolute Gasteiger partial charge is 0.285 e. The summed E-state index contributed by atoms with van der Waals surface area (Å²) in [7, 11) is 0. The second-order valence-corrected chi connectivity index (χ2v) is 2.43. The van der Waals surface area contributed by atoms with Gasteiger partial charge in [0.15, 0.2) is 0 Å². The van der Waals surface area contributed by atoms with Crippen LogP contribution in [0.2, 0.25) is 0 Å². The minimum Gasteiger partial charge on any atom is -0.285 e. The molecule has 0 fully saturated rings. The van der Waals surface area contributed by atoms with Crippen molar-refractivity contribution in [3.05, 3.63) is 23.8 Å². The number of H-pyrrole nitrogens is 1. The van der Waals surface area contributed by atoms with Crippen LogP contribution in [0.25, 0.3) is 11.3 Å². The van der Waals surface area contributed by atoms with Gasteiger partial charge in [-0.15, -0.1) is 0 Å². The van der Waals surface area contributed by atoms with Gasteiger partial charge in [-0.3, -0.25) is 5.10 Å². The van der Waals surface area contributed by atoms with Crippen LogP contribution in [-0.2, 0) is 0 Å². The molecule has 0 bridgehead atoms. The Kier molecular flexibility index (Phi) is 1.25. The first-order chi connectivity index (χ1) is 4.97. The van der Waals surface area contributed by atoms with Gasteiger partial charge in [-0.25, -0.2) is 0 Å². The average Bonchev–Trinajstić information content (AvgIpc) is 2.59. The van der Waals surface area contributed by atoms with E-state index in [1.54, 1.807) is 6.20 Å². The van der Waals surface area contributed by atoms with Gasteiger partial charge >= 0.3 is 0 Å². The summed E-state index contributed by atoms with van der Waals surface area (Å²) in [5.74, 6) is 0. The van der Waals surface area contributed by atoms with Gasteiger partial charge in [-0.2, -0.15) is 9.47 Å². The van der Waals surface area contributed by atoms with Crippen molar-refractivity contribution in [2.75, 3.05) is 0 Å². The zero-order valence-corrected chi connectivity index (χ0v) is 5.85. The molecule has 3 nitrogen and oxygen atoms in total. The lowest BCUT2D eigenvalue weighted by Crippen LogP contribution is -1.71. The van der Waals surface area contributed by atoms with Gasteiger partial charge in [-0.1, -0.05) is 0 Å². The maximum atomic E-state index is 3.97. The molecule has 0 saturated heterocycles. The molecule has 2 aromatic heterocycles. The number of aromatic nitrogens is 3. The highest BCUT2D eigenvalue weighted by molar-refractivity contribution is 7.03. The van der Waals surface area contributed by atoms with Crippen molar-refractivity contribution in [3.63, 3.8) is 0 Å². The van der Waals surface area contributed by atoms with E-state index in [1.807, 2.05) is 11.4 Å². The highest BCUT2D eigenvalue weighted by atomic mass is 32.1. The van der Waals surface area contributed by atoms with E-state index >= 15 is 0 Å². The van der Waals surface area contributed by atoms with Crippen LogP contribution < -0.4 is 0 Å². The normalized spacial score (nSPS) is 10.0. The Morgan fingerprint density at radius 2 is 2.60 bits per heavy atom. The van der Waals surface area contributed by atoms with Crippen molar-refractivity contribution < 1.29 is 0 Å². The maximum Gasteiger partial charge on any atom is 0.114 e.